The van der Waals surface area contributed by atoms with Crippen molar-refractivity contribution >= 4 is 11.8 Å². The Labute approximate surface area is 206 Å². The van der Waals surface area contributed by atoms with Gasteiger partial charge in [0.25, 0.3) is 5.69 Å². The molecule has 1 aliphatic heterocycles. The monoisotopic (exact) mass is 480 g/mol. The minimum atomic E-state index is -1.92. The zero-order chi connectivity index (χ0) is 25.9. The summed E-state index contributed by atoms with van der Waals surface area (Å²) in [4.78, 5) is 24.9. The minimum Gasteiger partial charge on any atom is -0.445 e. The van der Waals surface area contributed by atoms with Gasteiger partial charge in [-0.05, 0) is 16.7 Å². The zero-order valence-electron chi connectivity index (χ0n) is 19.0. The summed E-state index contributed by atoms with van der Waals surface area (Å²) in [5, 5.41) is 41.3. The van der Waals surface area contributed by atoms with Crippen molar-refractivity contribution in [2.24, 2.45) is 17.1 Å². The van der Waals surface area contributed by atoms with Crippen LogP contribution in [-0.4, -0.2) is 29.0 Å². The van der Waals surface area contributed by atoms with Crippen molar-refractivity contribution in [3.05, 3.63) is 98.8 Å². The number of nitro groups is 1. The Balaban J connectivity index is 1.74. The number of rotatable bonds is 4. The van der Waals surface area contributed by atoms with E-state index in [1.807, 2.05) is 48.5 Å². The second-order valence-electron chi connectivity index (χ2n) is 8.47. The van der Waals surface area contributed by atoms with Gasteiger partial charge in [-0.25, -0.2) is 4.79 Å². The van der Waals surface area contributed by atoms with Crippen molar-refractivity contribution in [2.45, 2.75) is 12.5 Å². The number of carbonyl (C=O) groups is 1. The summed E-state index contributed by atoms with van der Waals surface area (Å²) >= 11 is 0. The van der Waals surface area contributed by atoms with Crippen LogP contribution < -0.4 is 5.73 Å². The van der Waals surface area contributed by atoms with Gasteiger partial charge in [0.05, 0.1) is 28.3 Å². The van der Waals surface area contributed by atoms with Crippen LogP contribution in [0.3, 0.4) is 0 Å². The number of amides is 1. The molecule has 0 aromatic heterocycles. The SMILES string of the molecule is N#CC1=C(N)C(C#N)(C#N)[C@@H](c2ccc([N+](=O)[O-])cc2)[C@@H]2CN(C(=O)OCc3ccccc3)CC=C12. The average molecular weight is 480 g/mol. The van der Waals surface area contributed by atoms with Gasteiger partial charge < -0.3 is 15.4 Å². The van der Waals surface area contributed by atoms with Crippen LogP contribution in [-0.2, 0) is 11.3 Å². The molecular formula is C26H20N6O4. The average Bonchev–Trinajstić information content (AvgIpc) is 2.91. The van der Waals surface area contributed by atoms with Crippen LogP contribution in [0.25, 0.3) is 0 Å². The molecule has 1 aliphatic carbocycles. The van der Waals surface area contributed by atoms with E-state index >= 15 is 0 Å². The number of nitrogens with zero attached hydrogens (tertiary/aromatic N) is 5. The van der Waals surface area contributed by atoms with Gasteiger partial charge in [0.2, 0.25) is 0 Å². The predicted molar refractivity (Wildman–Crippen MR) is 126 cm³/mol. The van der Waals surface area contributed by atoms with Crippen molar-refractivity contribution in [3.63, 3.8) is 0 Å². The fraction of sp³-hybridized carbons (Fsp3) is 0.231. The first-order valence-electron chi connectivity index (χ1n) is 11.0. The highest BCUT2D eigenvalue weighted by Crippen LogP contribution is 2.54. The number of nitrogens with two attached hydrogens (primary N) is 1. The van der Waals surface area contributed by atoms with Gasteiger partial charge in [-0.15, -0.1) is 0 Å². The summed E-state index contributed by atoms with van der Waals surface area (Å²) in [6.07, 6.45) is 1.09. The maximum absolute atomic E-state index is 12.9. The molecule has 1 heterocycles. The molecule has 36 heavy (non-hydrogen) atoms. The van der Waals surface area contributed by atoms with E-state index in [4.69, 9.17) is 10.5 Å². The van der Waals surface area contributed by atoms with E-state index in [9.17, 15) is 30.7 Å². The zero-order valence-corrected chi connectivity index (χ0v) is 19.0. The lowest BCUT2D eigenvalue weighted by Gasteiger charge is -2.45. The Kier molecular flexibility index (Phi) is 6.41. The summed E-state index contributed by atoms with van der Waals surface area (Å²) in [7, 11) is 0. The molecule has 2 aromatic carbocycles. The third-order valence-electron chi connectivity index (χ3n) is 6.59. The number of hydrogen-bond acceptors (Lipinski definition) is 8. The molecular weight excluding hydrogens is 460 g/mol. The number of hydrogen-bond donors (Lipinski definition) is 1. The Morgan fingerprint density at radius 1 is 1.14 bits per heavy atom. The molecule has 0 saturated carbocycles. The molecule has 0 radical (unpaired) electrons. The summed E-state index contributed by atoms with van der Waals surface area (Å²) in [5.41, 5.74) is 5.88. The fourth-order valence-corrected chi connectivity index (χ4v) is 4.82. The van der Waals surface area contributed by atoms with Crippen LogP contribution in [0.4, 0.5) is 10.5 Å². The lowest BCUT2D eigenvalue weighted by Crippen LogP contribution is -2.49. The highest BCUT2D eigenvalue weighted by atomic mass is 16.6. The van der Waals surface area contributed by atoms with E-state index in [0.717, 1.165) is 5.56 Å². The van der Waals surface area contributed by atoms with Gasteiger partial charge in [-0.1, -0.05) is 48.5 Å². The third kappa shape index (κ3) is 4.00. The highest BCUT2D eigenvalue weighted by molar-refractivity contribution is 5.69. The smallest absolute Gasteiger partial charge is 0.410 e. The highest BCUT2D eigenvalue weighted by Gasteiger charge is 2.54. The summed E-state index contributed by atoms with van der Waals surface area (Å²) < 4.78 is 5.46. The van der Waals surface area contributed by atoms with Gasteiger partial charge in [0.1, 0.15) is 12.7 Å². The second kappa shape index (κ2) is 9.61. The number of ether oxygens (including phenoxy) is 1. The van der Waals surface area contributed by atoms with Crippen molar-refractivity contribution in [1.29, 1.82) is 15.8 Å². The van der Waals surface area contributed by atoms with E-state index in [1.165, 1.54) is 29.2 Å². The number of allylic oxidation sites excluding steroid dienone is 2. The first-order chi connectivity index (χ1) is 17.4. The summed E-state index contributed by atoms with van der Waals surface area (Å²) in [6, 6.07) is 20.7. The standard InChI is InChI=1S/C26H20N6O4/c27-12-21-20-10-11-31(25(33)36-14-17-4-2-1-3-5-17)13-22(20)23(26(15-28,16-29)24(21)30)18-6-8-19(9-7-18)32(34)35/h1-10,22-23H,11,13-14,30H2/t22-,23+/m1/s1. The molecule has 2 aromatic rings. The number of fused-ring (bicyclic) bond motifs is 1. The van der Waals surface area contributed by atoms with Crippen molar-refractivity contribution in [1.82, 2.24) is 4.90 Å². The first-order valence-corrected chi connectivity index (χ1v) is 11.0. The van der Waals surface area contributed by atoms with Crippen molar-refractivity contribution < 1.29 is 14.5 Å². The van der Waals surface area contributed by atoms with Gasteiger partial charge in [0.15, 0.2) is 5.41 Å². The summed E-state index contributed by atoms with van der Waals surface area (Å²) in [6.45, 7) is 0.279. The van der Waals surface area contributed by atoms with Crippen molar-refractivity contribution in [3.8, 4) is 18.2 Å². The minimum absolute atomic E-state index is 0.0403. The maximum Gasteiger partial charge on any atom is 0.410 e. The number of non-ortho nitro benzene ring substituents is 1. The topological polar surface area (TPSA) is 170 Å². The fourth-order valence-electron chi connectivity index (χ4n) is 4.82. The first kappa shape index (κ1) is 24.0. The number of nitro benzene ring substituents is 1. The lowest BCUT2D eigenvalue weighted by atomic mass is 9.58. The molecule has 0 bridgehead atoms. The Hall–Kier alpha value is -5.14. The second-order valence-corrected chi connectivity index (χ2v) is 8.47. The maximum atomic E-state index is 12.9. The summed E-state index contributed by atoms with van der Waals surface area (Å²) in [5.74, 6) is -1.54. The van der Waals surface area contributed by atoms with E-state index in [2.05, 4.69) is 0 Å². The Bertz CT molecular complexity index is 1380. The molecule has 178 valence electrons. The van der Waals surface area contributed by atoms with E-state index in [1.54, 1.807) is 6.08 Å². The van der Waals surface area contributed by atoms with Gasteiger partial charge in [-0.3, -0.25) is 10.1 Å². The normalized spacial score (nSPS) is 20.1. The molecule has 0 spiro atoms. The van der Waals surface area contributed by atoms with Crippen LogP contribution in [0.1, 0.15) is 17.0 Å². The molecule has 4 rings (SSSR count). The van der Waals surface area contributed by atoms with E-state index < -0.39 is 28.3 Å². The number of nitriles is 3. The van der Waals surface area contributed by atoms with Crippen molar-refractivity contribution in [2.75, 3.05) is 13.1 Å². The molecule has 10 heteroatoms. The predicted octanol–water partition coefficient (Wildman–Crippen LogP) is 3.66. The molecule has 2 aliphatic rings. The molecule has 0 fully saturated rings. The molecule has 2 atom stereocenters. The van der Waals surface area contributed by atoms with Gasteiger partial charge in [0, 0.05) is 37.1 Å². The lowest BCUT2D eigenvalue weighted by molar-refractivity contribution is -0.384. The number of carbonyl (C=O) groups excluding carboxylic acids is 1. The molecule has 10 nitrogen and oxygen atoms in total. The van der Waals surface area contributed by atoms with Crippen LogP contribution in [0.5, 0.6) is 0 Å². The number of benzene rings is 2. The molecule has 0 saturated heterocycles. The largest absolute Gasteiger partial charge is 0.445 e. The Morgan fingerprint density at radius 2 is 1.81 bits per heavy atom. The van der Waals surface area contributed by atoms with E-state index in [-0.39, 0.29) is 36.7 Å². The van der Waals surface area contributed by atoms with Gasteiger partial charge in [-0.2, -0.15) is 15.8 Å². The third-order valence-corrected chi connectivity index (χ3v) is 6.59. The molecule has 0 unspecified atom stereocenters. The Morgan fingerprint density at radius 3 is 2.39 bits per heavy atom. The van der Waals surface area contributed by atoms with Crippen LogP contribution in [0.15, 0.2) is 77.5 Å². The molecule has 1 amide bonds. The van der Waals surface area contributed by atoms with Crippen LogP contribution in [0.2, 0.25) is 0 Å². The quantitative estimate of drug-likeness (QED) is 0.510. The van der Waals surface area contributed by atoms with Gasteiger partial charge >= 0.3 is 6.09 Å². The van der Waals surface area contributed by atoms with Crippen LogP contribution >= 0.6 is 0 Å². The van der Waals surface area contributed by atoms with E-state index in [0.29, 0.717) is 11.1 Å². The molecule has 2 N–H and O–H groups in total. The van der Waals surface area contributed by atoms with Crippen LogP contribution in [0, 0.1) is 55.4 Å².